The summed E-state index contributed by atoms with van der Waals surface area (Å²) in [4.78, 5) is 28.3. The SMILES string of the molecule is COc1ccc(-c2c(C3CCCCC3)c3ccc4cc3n2CC(=O)NCCN(C)CCNS(=O)(=O)NC4=O)cc1. The van der Waals surface area contributed by atoms with Gasteiger partial charge >= 0.3 is 10.2 Å². The summed E-state index contributed by atoms with van der Waals surface area (Å²) >= 11 is 0. The van der Waals surface area contributed by atoms with Crippen LogP contribution in [0.25, 0.3) is 22.2 Å². The lowest BCUT2D eigenvalue weighted by atomic mass is 9.81. The fourth-order valence-electron chi connectivity index (χ4n) is 5.83. The first-order valence-corrected chi connectivity index (χ1v) is 15.3. The van der Waals surface area contributed by atoms with Gasteiger partial charge in [-0.25, -0.2) is 4.72 Å². The van der Waals surface area contributed by atoms with E-state index in [1.807, 2.05) is 46.8 Å². The number of methoxy groups -OCH3 is 1. The van der Waals surface area contributed by atoms with Gasteiger partial charge in [0.2, 0.25) is 5.91 Å². The van der Waals surface area contributed by atoms with Crippen LogP contribution in [0.4, 0.5) is 0 Å². The van der Waals surface area contributed by atoms with Crippen LogP contribution in [0.15, 0.2) is 42.5 Å². The maximum absolute atomic E-state index is 13.3. The topological polar surface area (TPSA) is 122 Å². The molecule has 214 valence electrons. The van der Waals surface area contributed by atoms with Gasteiger partial charge in [-0.1, -0.05) is 25.3 Å². The van der Waals surface area contributed by atoms with E-state index in [4.69, 9.17) is 4.74 Å². The number of benzene rings is 2. The Morgan fingerprint density at radius 1 is 0.925 bits per heavy atom. The molecule has 11 heteroatoms. The molecule has 5 rings (SSSR count). The highest BCUT2D eigenvalue weighted by atomic mass is 32.2. The first-order valence-electron chi connectivity index (χ1n) is 13.8. The standard InChI is InChI=1S/C29H37N5O5S/c1-33-16-14-30-26(35)19-34-25-18-22(29(36)32-40(37,38)31-15-17-33)10-13-24(25)27(20-6-4-3-5-7-20)28(34)21-8-11-23(39-2)12-9-21/h8-13,18,20,31H,3-7,14-17,19H2,1-2H3,(H,30,35)(H,32,36). The summed E-state index contributed by atoms with van der Waals surface area (Å²) in [7, 11) is -0.562. The van der Waals surface area contributed by atoms with Gasteiger partial charge in [-0.3, -0.25) is 9.59 Å². The van der Waals surface area contributed by atoms with Crippen molar-refractivity contribution >= 4 is 32.9 Å². The molecule has 10 nitrogen and oxygen atoms in total. The molecular weight excluding hydrogens is 530 g/mol. The Hall–Kier alpha value is -3.41. The van der Waals surface area contributed by atoms with Gasteiger partial charge < -0.3 is 19.5 Å². The molecule has 3 N–H and O–H groups in total. The average Bonchev–Trinajstić information content (AvgIpc) is 3.25. The Bertz CT molecular complexity index is 1490. The highest BCUT2D eigenvalue weighted by molar-refractivity contribution is 7.88. The van der Waals surface area contributed by atoms with Gasteiger partial charge in [0.05, 0.1) is 18.3 Å². The van der Waals surface area contributed by atoms with Crippen LogP contribution in [0.1, 0.15) is 53.9 Å². The first kappa shape index (κ1) is 28.1. The minimum absolute atomic E-state index is 0.0687. The van der Waals surface area contributed by atoms with Gasteiger partial charge in [0.1, 0.15) is 12.3 Å². The fourth-order valence-corrected chi connectivity index (χ4v) is 6.63. The largest absolute Gasteiger partial charge is 0.497 e. The molecule has 2 aromatic carbocycles. The number of ether oxygens (including phenoxy) is 1. The lowest BCUT2D eigenvalue weighted by Gasteiger charge is -2.24. The highest BCUT2D eigenvalue weighted by Gasteiger charge is 2.28. The number of nitrogens with zero attached hydrogens (tertiary/aromatic N) is 2. The third-order valence-corrected chi connectivity index (χ3v) is 8.91. The van der Waals surface area contributed by atoms with Gasteiger partial charge in [-0.05, 0) is 73.3 Å². The monoisotopic (exact) mass is 567 g/mol. The van der Waals surface area contributed by atoms with E-state index in [1.54, 1.807) is 19.2 Å². The van der Waals surface area contributed by atoms with Crippen molar-refractivity contribution in [3.8, 4) is 17.0 Å². The third-order valence-electron chi connectivity index (χ3n) is 7.87. The molecule has 3 aromatic rings. The number of rotatable bonds is 3. The van der Waals surface area contributed by atoms with Crippen LogP contribution < -0.4 is 19.5 Å². The summed E-state index contributed by atoms with van der Waals surface area (Å²) in [5, 5.41) is 3.99. The van der Waals surface area contributed by atoms with E-state index >= 15 is 0 Å². The predicted octanol–water partition coefficient (Wildman–Crippen LogP) is 2.99. The second kappa shape index (κ2) is 12.0. The molecule has 2 aliphatic rings. The molecule has 1 aliphatic carbocycles. The van der Waals surface area contributed by atoms with Crippen molar-refractivity contribution in [2.24, 2.45) is 0 Å². The summed E-state index contributed by atoms with van der Waals surface area (Å²) in [5.74, 6) is 0.197. The van der Waals surface area contributed by atoms with Crippen LogP contribution in [-0.2, 0) is 21.5 Å². The molecule has 1 aliphatic heterocycles. The molecule has 2 heterocycles. The zero-order valence-corrected chi connectivity index (χ0v) is 23.9. The van der Waals surface area contributed by atoms with Crippen molar-refractivity contribution in [1.82, 2.24) is 24.2 Å². The molecule has 1 aromatic heterocycles. The van der Waals surface area contributed by atoms with Crippen molar-refractivity contribution in [2.45, 2.75) is 44.6 Å². The lowest BCUT2D eigenvalue weighted by Crippen LogP contribution is -2.44. The highest BCUT2D eigenvalue weighted by Crippen LogP contribution is 2.44. The zero-order valence-electron chi connectivity index (χ0n) is 23.0. The smallest absolute Gasteiger partial charge is 0.301 e. The molecule has 0 atom stereocenters. The molecule has 0 saturated heterocycles. The Balaban J connectivity index is 1.70. The van der Waals surface area contributed by atoms with E-state index in [-0.39, 0.29) is 24.6 Å². The van der Waals surface area contributed by atoms with Crippen molar-refractivity contribution in [2.75, 3.05) is 40.3 Å². The van der Waals surface area contributed by atoms with Crippen LogP contribution in [-0.4, -0.2) is 70.0 Å². The van der Waals surface area contributed by atoms with Crippen LogP contribution in [0.3, 0.4) is 0 Å². The second-order valence-corrected chi connectivity index (χ2v) is 12.1. The lowest BCUT2D eigenvalue weighted by molar-refractivity contribution is -0.121. The van der Waals surface area contributed by atoms with Crippen molar-refractivity contribution in [1.29, 1.82) is 0 Å². The number of amides is 2. The molecule has 0 radical (unpaired) electrons. The van der Waals surface area contributed by atoms with Crippen LogP contribution >= 0.6 is 0 Å². The zero-order chi connectivity index (χ0) is 28.3. The van der Waals surface area contributed by atoms with Crippen molar-refractivity contribution in [3.63, 3.8) is 0 Å². The second-order valence-electron chi connectivity index (χ2n) is 10.6. The number of hydrogen-bond acceptors (Lipinski definition) is 6. The normalized spacial score (nSPS) is 19.9. The van der Waals surface area contributed by atoms with Crippen LogP contribution in [0.5, 0.6) is 5.75 Å². The van der Waals surface area contributed by atoms with Gasteiger partial charge in [0, 0.05) is 37.1 Å². The quantitative estimate of drug-likeness (QED) is 0.448. The van der Waals surface area contributed by atoms with Gasteiger partial charge in [0.25, 0.3) is 5.91 Å². The maximum atomic E-state index is 13.3. The van der Waals surface area contributed by atoms with Gasteiger partial charge in [-0.2, -0.15) is 13.1 Å². The molecule has 2 bridgehead atoms. The van der Waals surface area contributed by atoms with Crippen LogP contribution in [0, 0.1) is 0 Å². The van der Waals surface area contributed by atoms with Gasteiger partial charge in [-0.15, -0.1) is 0 Å². The Labute approximate surface area is 235 Å². The summed E-state index contributed by atoms with van der Waals surface area (Å²) in [6, 6.07) is 13.1. The summed E-state index contributed by atoms with van der Waals surface area (Å²) < 4.78 is 37.1. The van der Waals surface area contributed by atoms with E-state index in [9.17, 15) is 18.0 Å². The molecule has 0 unspecified atom stereocenters. The summed E-state index contributed by atoms with van der Waals surface area (Å²) in [6.45, 7) is 1.60. The first-order chi connectivity index (χ1) is 19.3. The van der Waals surface area contributed by atoms with E-state index < -0.39 is 16.1 Å². The number of carbonyl (C=O) groups excluding carboxylic acids is 2. The average molecular weight is 568 g/mol. The number of aromatic nitrogens is 1. The minimum Gasteiger partial charge on any atom is -0.497 e. The van der Waals surface area contributed by atoms with E-state index in [2.05, 4.69) is 14.8 Å². The summed E-state index contributed by atoms with van der Waals surface area (Å²) in [6.07, 6.45) is 5.58. The number of likely N-dealkylation sites (N-methyl/N-ethyl adjacent to an activating group) is 1. The number of fused-ring (bicyclic) bond motifs is 1. The van der Waals surface area contributed by atoms with E-state index in [0.717, 1.165) is 53.6 Å². The molecule has 2 amide bonds. The van der Waals surface area contributed by atoms with Gasteiger partial charge in [0.15, 0.2) is 0 Å². The molecule has 1 saturated carbocycles. The molecule has 0 spiro atoms. The van der Waals surface area contributed by atoms with E-state index in [0.29, 0.717) is 25.6 Å². The number of nitrogens with one attached hydrogen (secondary N) is 3. The maximum Gasteiger partial charge on any atom is 0.301 e. The minimum atomic E-state index is -4.04. The molecule has 40 heavy (non-hydrogen) atoms. The fraction of sp³-hybridized carbons (Fsp3) is 0.448. The molecular formula is C29H37N5O5S. The van der Waals surface area contributed by atoms with Crippen LogP contribution in [0.2, 0.25) is 0 Å². The Morgan fingerprint density at radius 2 is 1.62 bits per heavy atom. The summed E-state index contributed by atoms with van der Waals surface area (Å²) in [5.41, 5.74) is 4.01. The number of carbonyl (C=O) groups is 2. The Kier molecular flexibility index (Phi) is 8.43. The molecule has 1 fully saturated rings. The van der Waals surface area contributed by atoms with E-state index in [1.165, 1.54) is 12.0 Å². The number of hydrogen-bond donors (Lipinski definition) is 3. The predicted molar refractivity (Wildman–Crippen MR) is 155 cm³/mol. The Morgan fingerprint density at radius 3 is 2.35 bits per heavy atom. The third kappa shape index (κ3) is 6.16. The van der Waals surface area contributed by atoms with Crippen molar-refractivity contribution < 1.29 is 22.7 Å². The van der Waals surface area contributed by atoms with Crippen molar-refractivity contribution in [3.05, 3.63) is 53.6 Å².